The molecule has 14 heavy (non-hydrogen) atoms. The molecule has 2 rings (SSSR count). The van der Waals surface area contributed by atoms with Crippen molar-refractivity contribution in [3.8, 4) is 0 Å². The summed E-state index contributed by atoms with van der Waals surface area (Å²) in [6.45, 7) is 2.64. The van der Waals surface area contributed by atoms with Crippen molar-refractivity contribution in [2.45, 2.75) is 57.0 Å². The lowest BCUT2D eigenvalue weighted by Gasteiger charge is -2.48. The fourth-order valence-electron chi connectivity index (χ4n) is 3.18. The molecule has 1 N–H and O–H groups in total. The van der Waals surface area contributed by atoms with Gasteiger partial charge in [-0.1, -0.05) is 25.7 Å². The molecule has 1 saturated heterocycles. The summed E-state index contributed by atoms with van der Waals surface area (Å²) in [4.78, 5) is 2.72. The van der Waals surface area contributed by atoms with E-state index in [0.717, 1.165) is 0 Å². The molecule has 2 heteroatoms. The average Bonchev–Trinajstić information content (AvgIpc) is 2.31. The zero-order valence-corrected chi connectivity index (χ0v) is 9.52. The molecule has 1 aliphatic carbocycles. The zero-order chi connectivity index (χ0) is 9.86. The molecule has 0 unspecified atom stereocenters. The van der Waals surface area contributed by atoms with Crippen LogP contribution in [-0.4, -0.2) is 30.7 Å². The Morgan fingerprint density at radius 2 is 1.43 bits per heavy atom. The van der Waals surface area contributed by atoms with Crippen LogP contribution in [0.5, 0.6) is 0 Å². The summed E-state index contributed by atoms with van der Waals surface area (Å²) in [7, 11) is 2.15. The predicted octanol–water partition coefficient (Wildman–Crippen LogP) is 2.35. The van der Waals surface area contributed by atoms with Gasteiger partial charge in [-0.15, -0.1) is 0 Å². The third-order valence-electron chi connectivity index (χ3n) is 4.11. The Labute approximate surface area is 88.1 Å². The molecule has 1 aliphatic heterocycles. The maximum absolute atomic E-state index is 3.61. The van der Waals surface area contributed by atoms with Crippen LogP contribution < -0.4 is 5.32 Å². The quantitative estimate of drug-likeness (QED) is 0.729. The molecule has 0 atom stereocenters. The van der Waals surface area contributed by atoms with Crippen molar-refractivity contribution in [3.63, 3.8) is 0 Å². The van der Waals surface area contributed by atoms with Gasteiger partial charge >= 0.3 is 0 Å². The van der Waals surface area contributed by atoms with E-state index in [9.17, 15) is 0 Å². The predicted molar refractivity (Wildman–Crippen MR) is 60.3 cm³/mol. The lowest BCUT2D eigenvalue weighted by molar-refractivity contribution is 0.0117. The summed E-state index contributed by atoms with van der Waals surface area (Å²) < 4.78 is 0. The molecule has 0 radical (unpaired) electrons. The van der Waals surface area contributed by atoms with E-state index >= 15 is 0 Å². The van der Waals surface area contributed by atoms with Crippen molar-refractivity contribution in [2.75, 3.05) is 20.1 Å². The minimum absolute atomic E-state index is 0.374. The van der Waals surface area contributed by atoms with Crippen LogP contribution in [0.3, 0.4) is 0 Å². The molecule has 2 aliphatic rings. The van der Waals surface area contributed by atoms with Crippen LogP contribution in [0.4, 0.5) is 0 Å². The standard InChI is InChI=1S/C12H24N2/c1-13-12(8-4-2-5-9-12)14-10-6-3-7-11-14/h13H,2-11H2,1H3. The molecule has 0 aromatic carbocycles. The molecule has 2 fully saturated rings. The Morgan fingerprint density at radius 3 is 2.00 bits per heavy atom. The molecule has 2 nitrogen and oxygen atoms in total. The highest BCUT2D eigenvalue weighted by Crippen LogP contribution is 2.32. The van der Waals surface area contributed by atoms with Gasteiger partial charge in [-0.05, 0) is 45.8 Å². The number of rotatable bonds is 2. The maximum atomic E-state index is 3.61. The fraction of sp³-hybridized carbons (Fsp3) is 1.00. The summed E-state index contributed by atoms with van der Waals surface area (Å²) in [5, 5.41) is 3.61. The maximum Gasteiger partial charge on any atom is 0.0710 e. The summed E-state index contributed by atoms with van der Waals surface area (Å²) in [5.41, 5.74) is 0.374. The first-order chi connectivity index (χ1) is 6.87. The number of piperidine rings is 1. The van der Waals surface area contributed by atoms with Gasteiger partial charge in [-0.3, -0.25) is 4.90 Å². The molecule has 1 saturated carbocycles. The number of hydrogen-bond donors (Lipinski definition) is 1. The highest BCUT2D eigenvalue weighted by molar-refractivity contribution is 4.90. The Kier molecular flexibility index (Phi) is 3.45. The second-order valence-corrected chi connectivity index (χ2v) is 4.89. The largest absolute Gasteiger partial charge is 0.302 e. The van der Waals surface area contributed by atoms with E-state index < -0.39 is 0 Å². The minimum Gasteiger partial charge on any atom is -0.302 e. The van der Waals surface area contributed by atoms with Crippen LogP contribution in [0.15, 0.2) is 0 Å². The van der Waals surface area contributed by atoms with Gasteiger partial charge in [-0.2, -0.15) is 0 Å². The van der Waals surface area contributed by atoms with Crippen molar-refractivity contribution < 1.29 is 0 Å². The van der Waals surface area contributed by atoms with Gasteiger partial charge in [0.1, 0.15) is 0 Å². The monoisotopic (exact) mass is 196 g/mol. The highest BCUT2D eigenvalue weighted by Gasteiger charge is 2.36. The number of nitrogens with zero attached hydrogens (tertiary/aromatic N) is 1. The first-order valence-electron chi connectivity index (χ1n) is 6.31. The highest BCUT2D eigenvalue weighted by atomic mass is 15.3. The van der Waals surface area contributed by atoms with Crippen LogP contribution in [0.25, 0.3) is 0 Å². The Bertz CT molecular complexity index is 167. The molecule has 1 heterocycles. The van der Waals surface area contributed by atoms with Gasteiger partial charge in [0.25, 0.3) is 0 Å². The van der Waals surface area contributed by atoms with Gasteiger partial charge < -0.3 is 5.32 Å². The summed E-state index contributed by atoms with van der Waals surface area (Å²) in [6.07, 6.45) is 11.3. The Hall–Kier alpha value is -0.0800. The minimum atomic E-state index is 0.374. The summed E-state index contributed by atoms with van der Waals surface area (Å²) in [6, 6.07) is 0. The third kappa shape index (κ3) is 1.96. The molecule has 0 aromatic rings. The molecular formula is C12H24N2. The van der Waals surface area contributed by atoms with Crippen molar-refractivity contribution >= 4 is 0 Å². The second-order valence-electron chi connectivity index (χ2n) is 4.89. The van der Waals surface area contributed by atoms with Crippen LogP contribution in [0, 0.1) is 0 Å². The van der Waals surface area contributed by atoms with Crippen LogP contribution in [0.1, 0.15) is 51.4 Å². The Balaban J connectivity index is 2.01. The Morgan fingerprint density at radius 1 is 0.857 bits per heavy atom. The van der Waals surface area contributed by atoms with Crippen LogP contribution in [0.2, 0.25) is 0 Å². The molecule has 0 aromatic heterocycles. The number of likely N-dealkylation sites (tertiary alicyclic amines) is 1. The van der Waals surface area contributed by atoms with Crippen molar-refractivity contribution in [1.29, 1.82) is 0 Å². The molecule has 82 valence electrons. The average molecular weight is 196 g/mol. The van der Waals surface area contributed by atoms with E-state index in [1.807, 2.05) is 0 Å². The summed E-state index contributed by atoms with van der Waals surface area (Å²) in [5.74, 6) is 0. The van der Waals surface area contributed by atoms with E-state index in [0.29, 0.717) is 5.66 Å². The first kappa shape index (κ1) is 10.4. The molecular weight excluding hydrogens is 172 g/mol. The fourth-order valence-corrected chi connectivity index (χ4v) is 3.18. The topological polar surface area (TPSA) is 15.3 Å². The number of nitrogens with one attached hydrogen (secondary N) is 1. The van der Waals surface area contributed by atoms with Gasteiger partial charge in [-0.25, -0.2) is 0 Å². The lowest BCUT2D eigenvalue weighted by Crippen LogP contribution is -2.59. The van der Waals surface area contributed by atoms with Crippen molar-refractivity contribution in [3.05, 3.63) is 0 Å². The van der Waals surface area contributed by atoms with Gasteiger partial charge in [0.2, 0.25) is 0 Å². The van der Waals surface area contributed by atoms with Gasteiger partial charge in [0, 0.05) is 0 Å². The zero-order valence-electron chi connectivity index (χ0n) is 9.52. The number of hydrogen-bond acceptors (Lipinski definition) is 2. The van der Waals surface area contributed by atoms with E-state index in [4.69, 9.17) is 0 Å². The smallest absolute Gasteiger partial charge is 0.0710 e. The third-order valence-corrected chi connectivity index (χ3v) is 4.11. The van der Waals surface area contributed by atoms with Gasteiger partial charge in [0.05, 0.1) is 5.66 Å². The van der Waals surface area contributed by atoms with E-state index in [1.165, 1.54) is 64.5 Å². The molecule has 0 spiro atoms. The van der Waals surface area contributed by atoms with Crippen LogP contribution >= 0.6 is 0 Å². The molecule has 0 bridgehead atoms. The SMILES string of the molecule is CNC1(N2CCCCC2)CCCCC1. The van der Waals surface area contributed by atoms with E-state index in [2.05, 4.69) is 17.3 Å². The lowest BCUT2D eigenvalue weighted by atomic mass is 9.86. The van der Waals surface area contributed by atoms with Crippen molar-refractivity contribution in [2.24, 2.45) is 0 Å². The first-order valence-corrected chi connectivity index (χ1v) is 6.31. The van der Waals surface area contributed by atoms with Crippen LogP contribution in [-0.2, 0) is 0 Å². The van der Waals surface area contributed by atoms with Crippen molar-refractivity contribution in [1.82, 2.24) is 10.2 Å². The molecule has 0 amide bonds. The van der Waals surface area contributed by atoms with E-state index in [-0.39, 0.29) is 0 Å². The summed E-state index contributed by atoms with van der Waals surface area (Å²) >= 11 is 0. The normalized spacial score (nSPS) is 28.9. The second kappa shape index (κ2) is 4.63. The van der Waals surface area contributed by atoms with E-state index in [1.54, 1.807) is 0 Å². The van der Waals surface area contributed by atoms with Gasteiger partial charge in [0.15, 0.2) is 0 Å².